The maximum Gasteiger partial charge on any atom is 0.230 e. The van der Waals surface area contributed by atoms with E-state index in [1.165, 1.54) is 10.4 Å². The minimum atomic E-state index is -1.65. The lowest BCUT2D eigenvalue weighted by molar-refractivity contribution is 0.167. The largest absolute Gasteiger partial charge is 0.392 e. The fraction of sp³-hybridized carbons (Fsp3) is 0.294. The molecule has 0 saturated carbocycles. The highest BCUT2D eigenvalue weighted by Gasteiger charge is 2.35. The zero-order chi connectivity index (χ0) is 17.7. The first-order valence-electron chi connectivity index (χ1n) is 7.61. The van der Waals surface area contributed by atoms with E-state index in [1.807, 2.05) is 12.1 Å². The van der Waals surface area contributed by atoms with Crippen LogP contribution in [0.2, 0.25) is 0 Å². The van der Waals surface area contributed by atoms with E-state index in [9.17, 15) is 13.7 Å². The van der Waals surface area contributed by atoms with Crippen molar-refractivity contribution >= 4 is 22.5 Å². The van der Waals surface area contributed by atoms with Gasteiger partial charge in [-0.2, -0.15) is 0 Å². The topological polar surface area (TPSA) is 55.8 Å². The summed E-state index contributed by atoms with van der Waals surface area (Å²) in [5.41, 5.74) is 1.46. The van der Waals surface area contributed by atoms with E-state index in [4.69, 9.17) is 0 Å². The van der Waals surface area contributed by atoms with Crippen molar-refractivity contribution < 1.29 is 13.7 Å². The molecule has 0 radical (unpaired) electrons. The summed E-state index contributed by atoms with van der Waals surface area (Å²) in [6.07, 6.45) is 2.28. The van der Waals surface area contributed by atoms with Crippen LogP contribution in [0.4, 0.5) is 15.8 Å². The van der Waals surface area contributed by atoms with E-state index in [2.05, 4.69) is 18.5 Å². The molecule has 0 fully saturated rings. The van der Waals surface area contributed by atoms with Crippen molar-refractivity contribution in [3.63, 3.8) is 0 Å². The van der Waals surface area contributed by atoms with E-state index >= 15 is 0 Å². The quantitative estimate of drug-likeness (QED) is 0.707. The smallest absolute Gasteiger partial charge is 0.230 e. The third kappa shape index (κ3) is 3.58. The maximum absolute atomic E-state index is 14.1. The van der Waals surface area contributed by atoms with Gasteiger partial charge >= 0.3 is 0 Å². The number of hydrogen-bond donors (Lipinski definition) is 2. The molecule has 130 valence electrons. The Morgan fingerprint density at radius 3 is 2.62 bits per heavy atom. The number of benzene rings is 1. The summed E-state index contributed by atoms with van der Waals surface area (Å²) < 4.78 is 30.1. The van der Waals surface area contributed by atoms with E-state index in [-0.39, 0.29) is 5.70 Å². The third-order valence-corrected chi connectivity index (χ3v) is 5.12. The van der Waals surface area contributed by atoms with Crippen molar-refractivity contribution in [1.82, 2.24) is 5.32 Å². The summed E-state index contributed by atoms with van der Waals surface area (Å²) in [4.78, 5) is 0. The second-order valence-corrected chi connectivity index (χ2v) is 6.52. The Bertz CT molecular complexity index is 678. The summed E-state index contributed by atoms with van der Waals surface area (Å²) in [7, 11) is 1.76. The molecule has 0 aromatic heterocycles. The van der Waals surface area contributed by atoms with Gasteiger partial charge in [0.1, 0.15) is 5.83 Å². The van der Waals surface area contributed by atoms with Gasteiger partial charge in [-0.1, -0.05) is 25.3 Å². The van der Waals surface area contributed by atoms with Crippen LogP contribution in [0.5, 0.6) is 0 Å². The predicted octanol–water partition coefficient (Wildman–Crippen LogP) is 2.42. The van der Waals surface area contributed by atoms with Crippen LogP contribution in [-0.2, 0) is 11.2 Å². The number of anilines is 2. The average molecular weight is 351 g/mol. The number of allylic oxidation sites excluding steroid dienone is 3. The minimum absolute atomic E-state index is 0.106. The molecule has 1 aliphatic rings. The van der Waals surface area contributed by atoms with Crippen LogP contribution in [0.3, 0.4) is 0 Å². The van der Waals surface area contributed by atoms with Gasteiger partial charge < -0.3 is 10.4 Å². The number of aliphatic hydroxyl groups is 1. The minimum Gasteiger partial charge on any atom is -0.392 e. The van der Waals surface area contributed by atoms with Gasteiger partial charge in [-0.3, -0.25) is 4.31 Å². The van der Waals surface area contributed by atoms with Crippen LogP contribution in [0.1, 0.15) is 6.42 Å². The number of likely N-dealkylation sites (N-methyl/N-ethyl adjacent to an activating group) is 1. The maximum atomic E-state index is 14.1. The molecule has 0 aliphatic carbocycles. The van der Waals surface area contributed by atoms with Gasteiger partial charge in [0.25, 0.3) is 0 Å². The third-order valence-electron chi connectivity index (χ3n) is 3.66. The molecule has 7 heteroatoms. The Morgan fingerprint density at radius 2 is 2.04 bits per heavy atom. The summed E-state index contributed by atoms with van der Waals surface area (Å²) in [6.45, 7) is 7.87. The number of nitrogens with zero attached hydrogens (tertiary/aromatic N) is 2. The fourth-order valence-electron chi connectivity index (χ4n) is 2.51. The summed E-state index contributed by atoms with van der Waals surface area (Å²) >= 11 is -1.65. The molecule has 0 saturated heterocycles. The molecular formula is C17H22FN3O2S. The normalized spacial score (nSPS) is 18.9. The summed E-state index contributed by atoms with van der Waals surface area (Å²) in [5.74, 6) is -0.592. The number of aliphatic hydroxyl groups excluding tert-OH is 1. The number of para-hydroxylation sites is 2. The van der Waals surface area contributed by atoms with Crippen LogP contribution in [0.15, 0.2) is 61.1 Å². The van der Waals surface area contributed by atoms with Gasteiger partial charge in [-0.25, -0.2) is 12.9 Å². The molecule has 1 aliphatic heterocycles. The zero-order valence-electron chi connectivity index (χ0n) is 13.6. The molecule has 0 spiro atoms. The molecule has 2 rings (SSSR count). The Hall–Kier alpha value is -1.96. The summed E-state index contributed by atoms with van der Waals surface area (Å²) in [5, 5.41) is 12.8. The van der Waals surface area contributed by atoms with Crippen molar-refractivity contribution in [1.29, 1.82) is 0 Å². The van der Waals surface area contributed by atoms with Crippen molar-refractivity contribution in [2.24, 2.45) is 0 Å². The molecule has 2 atom stereocenters. The van der Waals surface area contributed by atoms with E-state index in [0.29, 0.717) is 25.2 Å². The van der Waals surface area contributed by atoms with E-state index in [1.54, 1.807) is 23.5 Å². The standard InChI is InChI=1S/C17H22FN3O2S/c1-4-14(18)15(5-2)21-17-9-7-6-8-16(17)20(24(21)23)11-10-13(22)12-19-3/h4-9,13,19,22H,1-2,10-12H2,3H3/b15-14-. The highest BCUT2D eigenvalue weighted by Crippen LogP contribution is 2.42. The lowest BCUT2D eigenvalue weighted by Gasteiger charge is -2.21. The zero-order valence-corrected chi connectivity index (χ0v) is 14.4. The van der Waals surface area contributed by atoms with Gasteiger partial charge in [0.05, 0.1) is 23.2 Å². The number of rotatable bonds is 8. The Kier molecular flexibility index (Phi) is 6.30. The Balaban J connectivity index is 2.35. The first kappa shape index (κ1) is 18.4. The molecule has 0 amide bonds. The van der Waals surface area contributed by atoms with Crippen LogP contribution in [0.25, 0.3) is 0 Å². The average Bonchev–Trinajstić information content (AvgIpc) is 2.86. The van der Waals surface area contributed by atoms with Crippen LogP contribution in [0, 0.1) is 0 Å². The van der Waals surface area contributed by atoms with Crippen molar-refractivity contribution in [3.05, 3.63) is 61.1 Å². The molecular weight excluding hydrogens is 329 g/mol. The molecule has 2 unspecified atom stereocenters. The molecule has 1 aromatic rings. The molecule has 5 nitrogen and oxygen atoms in total. The van der Waals surface area contributed by atoms with Crippen LogP contribution < -0.4 is 13.9 Å². The Morgan fingerprint density at radius 1 is 1.38 bits per heavy atom. The number of hydrogen-bond acceptors (Lipinski definition) is 3. The van der Waals surface area contributed by atoms with Gasteiger partial charge in [-0.15, -0.1) is 0 Å². The highest BCUT2D eigenvalue weighted by atomic mass is 32.2. The van der Waals surface area contributed by atoms with Gasteiger partial charge in [0.2, 0.25) is 11.2 Å². The first-order valence-corrected chi connectivity index (χ1v) is 8.67. The van der Waals surface area contributed by atoms with E-state index < -0.39 is 23.1 Å². The van der Waals surface area contributed by atoms with Crippen LogP contribution >= 0.6 is 0 Å². The molecule has 24 heavy (non-hydrogen) atoms. The Labute approximate surface area is 144 Å². The van der Waals surface area contributed by atoms with Crippen molar-refractivity contribution in [2.45, 2.75) is 12.5 Å². The second-order valence-electron chi connectivity index (χ2n) is 5.26. The number of fused-ring (bicyclic) bond motifs is 1. The highest BCUT2D eigenvalue weighted by molar-refractivity contribution is 7.88. The second kappa shape index (κ2) is 8.23. The van der Waals surface area contributed by atoms with Gasteiger partial charge in [0.15, 0.2) is 0 Å². The monoisotopic (exact) mass is 351 g/mol. The number of nitrogens with one attached hydrogen (secondary N) is 1. The lowest BCUT2D eigenvalue weighted by atomic mass is 10.2. The number of halogens is 1. The van der Waals surface area contributed by atoms with Crippen molar-refractivity contribution in [2.75, 3.05) is 28.7 Å². The van der Waals surface area contributed by atoms with Crippen LogP contribution in [-0.4, -0.2) is 35.6 Å². The molecule has 0 bridgehead atoms. The SMILES string of the molecule is C=C/C(F)=C(\C=C)N1c2ccccc2N(CCC(O)CNC)S1=O. The molecule has 1 aromatic carbocycles. The summed E-state index contributed by atoms with van der Waals surface area (Å²) in [6, 6.07) is 7.23. The molecule has 1 heterocycles. The van der Waals surface area contributed by atoms with Gasteiger partial charge in [-0.05, 0) is 37.8 Å². The molecule has 2 N–H and O–H groups in total. The predicted molar refractivity (Wildman–Crippen MR) is 97.5 cm³/mol. The van der Waals surface area contributed by atoms with Gasteiger partial charge in [0, 0.05) is 13.1 Å². The lowest BCUT2D eigenvalue weighted by Crippen LogP contribution is -2.35. The van der Waals surface area contributed by atoms with E-state index in [0.717, 1.165) is 11.8 Å². The first-order chi connectivity index (χ1) is 11.5. The fourth-order valence-corrected chi connectivity index (χ4v) is 3.95. The van der Waals surface area contributed by atoms with Crippen molar-refractivity contribution in [3.8, 4) is 0 Å².